The first-order chi connectivity index (χ1) is 9.65. The monoisotopic (exact) mass is 289 g/mol. The van der Waals surface area contributed by atoms with Crippen molar-refractivity contribution in [2.45, 2.75) is 6.42 Å². The first-order valence-corrected chi connectivity index (χ1v) is 6.73. The molecule has 0 aliphatic rings. The Labute approximate surface area is 123 Å². The highest BCUT2D eigenvalue weighted by atomic mass is 32.1. The van der Waals surface area contributed by atoms with Crippen LogP contribution in [0.5, 0.6) is 0 Å². The van der Waals surface area contributed by atoms with Crippen LogP contribution in [-0.4, -0.2) is 28.6 Å². The number of aromatic nitrogens is 1. The number of hydrogen-bond acceptors (Lipinski definition) is 2. The van der Waals surface area contributed by atoms with E-state index < -0.39 is 0 Å². The molecule has 1 N–H and O–H groups in total. The number of rotatable bonds is 4. The number of likely N-dealkylation sites (N-methyl/N-ethyl adjacent to an activating group) is 1. The molecule has 0 bridgehead atoms. The second kappa shape index (κ2) is 6.96. The van der Waals surface area contributed by atoms with Crippen molar-refractivity contribution in [2.75, 3.05) is 18.9 Å². The van der Waals surface area contributed by atoms with Gasteiger partial charge in [0.2, 0.25) is 0 Å². The SMILES string of the molecule is CN(CCc1ccccn1)C(=S)Nc1cccc(F)c1. The fourth-order valence-corrected chi connectivity index (χ4v) is 1.92. The third-order valence-electron chi connectivity index (χ3n) is 2.85. The fraction of sp³-hybridized carbons (Fsp3) is 0.200. The third-order valence-corrected chi connectivity index (χ3v) is 3.27. The highest BCUT2D eigenvalue weighted by Gasteiger charge is 2.05. The van der Waals surface area contributed by atoms with E-state index in [1.165, 1.54) is 12.1 Å². The highest BCUT2D eigenvalue weighted by Crippen LogP contribution is 2.10. The second-order valence-corrected chi connectivity index (χ2v) is 4.82. The van der Waals surface area contributed by atoms with Crippen LogP contribution in [0, 0.1) is 5.82 Å². The summed E-state index contributed by atoms with van der Waals surface area (Å²) in [6.45, 7) is 0.748. The van der Waals surface area contributed by atoms with Gasteiger partial charge >= 0.3 is 0 Å². The maximum atomic E-state index is 13.1. The molecule has 0 radical (unpaired) electrons. The van der Waals surface area contributed by atoms with E-state index >= 15 is 0 Å². The number of hydrogen-bond donors (Lipinski definition) is 1. The predicted octanol–water partition coefficient (Wildman–Crippen LogP) is 3.09. The van der Waals surface area contributed by atoms with Gasteiger partial charge in [0, 0.05) is 37.6 Å². The molecule has 0 unspecified atom stereocenters. The minimum Gasteiger partial charge on any atom is -0.352 e. The Kier molecular flexibility index (Phi) is 5.01. The number of thiocarbonyl (C=S) groups is 1. The van der Waals surface area contributed by atoms with Gasteiger partial charge in [0.25, 0.3) is 0 Å². The van der Waals surface area contributed by atoms with Crippen molar-refractivity contribution < 1.29 is 4.39 Å². The molecular weight excluding hydrogens is 273 g/mol. The van der Waals surface area contributed by atoms with E-state index in [1.54, 1.807) is 18.3 Å². The van der Waals surface area contributed by atoms with Crippen molar-refractivity contribution in [3.05, 3.63) is 60.2 Å². The van der Waals surface area contributed by atoms with Gasteiger partial charge in [-0.3, -0.25) is 4.98 Å². The Hall–Kier alpha value is -2.01. The molecule has 0 saturated carbocycles. The van der Waals surface area contributed by atoms with Gasteiger partial charge in [-0.25, -0.2) is 4.39 Å². The molecule has 2 rings (SSSR count). The summed E-state index contributed by atoms with van der Waals surface area (Å²) in [5, 5.41) is 3.58. The van der Waals surface area contributed by atoms with Gasteiger partial charge in [0.15, 0.2) is 5.11 Å². The summed E-state index contributed by atoms with van der Waals surface area (Å²) in [6.07, 6.45) is 2.58. The molecule has 0 aliphatic carbocycles. The van der Waals surface area contributed by atoms with Crippen LogP contribution < -0.4 is 5.32 Å². The van der Waals surface area contributed by atoms with E-state index in [9.17, 15) is 4.39 Å². The molecule has 0 fully saturated rings. The minimum atomic E-state index is -0.283. The van der Waals surface area contributed by atoms with Gasteiger partial charge in [-0.05, 0) is 42.5 Å². The smallest absolute Gasteiger partial charge is 0.173 e. The lowest BCUT2D eigenvalue weighted by Crippen LogP contribution is -2.32. The van der Waals surface area contributed by atoms with E-state index in [4.69, 9.17) is 12.2 Å². The predicted molar refractivity (Wildman–Crippen MR) is 83.2 cm³/mol. The van der Waals surface area contributed by atoms with Crippen LogP contribution in [0.4, 0.5) is 10.1 Å². The average molecular weight is 289 g/mol. The third kappa shape index (κ3) is 4.28. The number of nitrogens with zero attached hydrogens (tertiary/aromatic N) is 2. The molecule has 104 valence electrons. The van der Waals surface area contributed by atoms with Gasteiger partial charge in [0.05, 0.1) is 0 Å². The zero-order valence-electron chi connectivity index (χ0n) is 11.2. The van der Waals surface area contributed by atoms with Gasteiger partial charge in [-0.15, -0.1) is 0 Å². The first kappa shape index (κ1) is 14.4. The summed E-state index contributed by atoms with van der Waals surface area (Å²) in [5.74, 6) is -0.283. The number of anilines is 1. The van der Waals surface area contributed by atoms with Crippen LogP contribution in [0.15, 0.2) is 48.7 Å². The molecular formula is C15H16FN3S. The van der Waals surface area contributed by atoms with E-state index in [0.717, 1.165) is 18.7 Å². The standard InChI is InChI=1S/C15H16FN3S/c1-19(10-8-13-6-2-3-9-17-13)15(20)18-14-7-4-5-12(16)11-14/h2-7,9,11H,8,10H2,1H3,(H,18,20). The zero-order chi connectivity index (χ0) is 14.4. The molecule has 1 aromatic carbocycles. The molecule has 0 amide bonds. The van der Waals surface area contributed by atoms with Crippen molar-refractivity contribution in [3.63, 3.8) is 0 Å². The summed E-state index contributed by atoms with van der Waals surface area (Å²) in [6, 6.07) is 12.1. The first-order valence-electron chi connectivity index (χ1n) is 6.33. The van der Waals surface area contributed by atoms with Crippen LogP contribution in [0.2, 0.25) is 0 Å². The summed E-state index contributed by atoms with van der Waals surface area (Å²) in [7, 11) is 1.90. The molecule has 5 heteroatoms. The van der Waals surface area contributed by atoms with Crippen molar-refractivity contribution in [1.82, 2.24) is 9.88 Å². The molecule has 0 aliphatic heterocycles. The topological polar surface area (TPSA) is 28.2 Å². The molecule has 0 atom stereocenters. The molecule has 3 nitrogen and oxygen atoms in total. The van der Waals surface area contributed by atoms with Crippen molar-refractivity contribution in [3.8, 4) is 0 Å². The Bertz CT molecular complexity index is 574. The van der Waals surface area contributed by atoms with E-state index in [2.05, 4.69) is 10.3 Å². The Balaban J connectivity index is 1.86. The lowest BCUT2D eigenvalue weighted by molar-refractivity contribution is 0.512. The molecule has 1 heterocycles. The van der Waals surface area contributed by atoms with Gasteiger partial charge in [-0.1, -0.05) is 12.1 Å². The number of pyridine rings is 1. The fourth-order valence-electron chi connectivity index (χ4n) is 1.71. The van der Waals surface area contributed by atoms with Crippen LogP contribution in [-0.2, 0) is 6.42 Å². The maximum absolute atomic E-state index is 13.1. The van der Waals surface area contributed by atoms with Crippen molar-refractivity contribution >= 4 is 23.0 Å². The number of nitrogens with one attached hydrogen (secondary N) is 1. The Morgan fingerprint density at radius 1 is 1.30 bits per heavy atom. The quantitative estimate of drug-likeness (QED) is 0.876. The highest BCUT2D eigenvalue weighted by molar-refractivity contribution is 7.80. The van der Waals surface area contributed by atoms with E-state index in [1.807, 2.05) is 30.1 Å². The molecule has 0 saturated heterocycles. The summed E-state index contributed by atoms with van der Waals surface area (Å²) in [5.41, 5.74) is 1.67. The number of halogens is 1. The second-order valence-electron chi connectivity index (χ2n) is 4.43. The Morgan fingerprint density at radius 3 is 2.85 bits per heavy atom. The van der Waals surface area contributed by atoms with Gasteiger partial charge < -0.3 is 10.2 Å². The van der Waals surface area contributed by atoms with E-state index in [0.29, 0.717) is 10.8 Å². The van der Waals surface area contributed by atoms with Crippen LogP contribution >= 0.6 is 12.2 Å². The maximum Gasteiger partial charge on any atom is 0.173 e. The lowest BCUT2D eigenvalue weighted by Gasteiger charge is -2.20. The summed E-state index contributed by atoms with van der Waals surface area (Å²) < 4.78 is 13.1. The summed E-state index contributed by atoms with van der Waals surface area (Å²) in [4.78, 5) is 6.18. The van der Waals surface area contributed by atoms with Crippen LogP contribution in [0.3, 0.4) is 0 Å². The van der Waals surface area contributed by atoms with Gasteiger partial charge in [-0.2, -0.15) is 0 Å². The molecule has 2 aromatic rings. The molecule has 0 spiro atoms. The Morgan fingerprint density at radius 2 is 2.15 bits per heavy atom. The van der Waals surface area contributed by atoms with Crippen molar-refractivity contribution in [2.24, 2.45) is 0 Å². The normalized spacial score (nSPS) is 10.1. The van der Waals surface area contributed by atoms with Crippen LogP contribution in [0.25, 0.3) is 0 Å². The van der Waals surface area contributed by atoms with Crippen molar-refractivity contribution in [1.29, 1.82) is 0 Å². The average Bonchev–Trinajstić information content (AvgIpc) is 2.46. The molecule has 20 heavy (non-hydrogen) atoms. The summed E-state index contributed by atoms with van der Waals surface area (Å²) >= 11 is 5.29. The number of benzene rings is 1. The van der Waals surface area contributed by atoms with E-state index in [-0.39, 0.29) is 5.82 Å². The molecule has 1 aromatic heterocycles. The van der Waals surface area contributed by atoms with Gasteiger partial charge in [0.1, 0.15) is 5.82 Å². The van der Waals surface area contributed by atoms with Crippen LogP contribution in [0.1, 0.15) is 5.69 Å². The largest absolute Gasteiger partial charge is 0.352 e. The minimum absolute atomic E-state index is 0.283. The zero-order valence-corrected chi connectivity index (χ0v) is 12.0. The lowest BCUT2D eigenvalue weighted by atomic mass is 10.2.